The number of thioether (sulfide) groups is 1. The maximum absolute atomic E-state index is 11.6. The third-order valence-corrected chi connectivity index (χ3v) is 4.00. The molecule has 1 fully saturated rings. The highest BCUT2D eigenvalue weighted by Crippen LogP contribution is 2.20. The van der Waals surface area contributed by atoms with Gasteiger partial charge in [0.15, 0.2) is 0 Å². The lowest BCUT2D eigenvalue weighted by Gasteiger charge is -2.25. The van der Waals surface area contributed by atoms with Crippen LogP contribution in [0.4, 0.5) is 0 Å². The van der Waals surface area contributed by atoms with Gasteiger partial charge in [-0.3, -0.25) is 9.69 Å². The molecule has 1 aliphatic heterocycles. The van der Waals surface area contributed by atoms with Gasteiger partial charge in [-0.15, -0.1) is 0 Å². The van der Waals surface area contributed by atoms with E-state index in [0.29, 0.717) is 11.9 Å². The third kappa shape index (κ3) is 4.03. The summed E-state index contributed by atoms with van der Waals surface area (Å²) >= 11 is 1.99. The van der Waals surface area contributed by atoms with Crippen LogP contribution in [0, 0.1) is 0 Å². The molecule has 1 heterocycles. The monoisotopic (exact) mass is 231 g/mol. The molecule has 0 aromatic carbocycles. The van der Waals surface area contributed by atoms with Gasteiger partial charge in [0.2, 0.25) is 0 Å². The van der Waals surface area contributed by atoms with Crippen LogP contribution in [0.3, 0.4) is 0 Å². The lowest BCUT2D eigenvalue weighted by atomic mass is 10.2. The molecule has 0 N–H and O–H groups in total. The molecule has 0 saturated carbocycles. The molecule has 0 spiro atoms. The van der Waals surface area contributed by atoms with E-state index in [1.165, 1.54) is 0 Å². The van der Waals surface area contributed by atoms with Gasteiger partial charge >= 0.3 is 5.97 Å². The maximum atomic E-state index is 11.6. The van der Waals surface area contributed by atoms with Crippen LogP contribution in [0.25, 0.3) is 0 Å². The fourth-order valence-electron chi connectivity index (χ4n) is 1.71. The van der Waals surface area contributed by atoms with Gasteiger partial charge in [0, 0.05) is 24.1 Å². The highest BCUT2D eigenvalue weighted by atomic mass is 32.2. The van der Waals surface area contributed by atoms with Crippen LogP contribution < -0.4 is 0 Å². The van der Waals surface area contributed by atoms with E-state index in [4.69, 9.17) is 4.74 Å². The van der Waals surface area contributed by atoms with E-state index in [9.17, 15) is 4.79 Å². The number of esters is 1. The summed E-state index contributed by atoms with van der Waals surface area (Å²) in [6.45, 7) is 8.53. The summed E-state index contributed by atoms with van der Waals surface area (Å²) in [5, 5.41) is 0.712. The molecule has 1 rings (SSSR count). The molecule has 88 valence electrons. The predicted molar refractivity (Wildman–Crippen MR) is 64.2 cm³/mol. The number of hydrogen-bond acceptors (Lipinski definition) is 4. The highest BCUT2D eigenvalue weighted by Gasteiger charge is 2.24. The third-order valence-electron chi connectivity index (χ3n) is 2.78. The van der Waals surface area contributed by atoms with Gasteiger partial charge in [-0.2, -0.15) is 11.8 Å². The summed E-state index contributed by atoms with van der Waals surface area (Å²) in [6, 6.07) is -0.0872. The quantitative estimate of drug-likeness (QED) is 0.692. The van der Waals surface area contributed by atoms with E-state index in [0.717, 1.165) is 25.3 Å². The lowest BCUT2D eigenvalue weighted by molar-refractivity contribution is -0.148. The molecule has 3 nitrogen and oxygen atoms in total. The Hall–Kier alpha value is -0.220. The summed E-state index contributed by atoms with van der Waals surface area (Å²) < 4.78 is 5.04. The summed E-state index contributed by atoms with van der Waals surface area (Å²) in [5.41, 5.74) is 0. The van der Waals surface area contributed by atoms with Gasteiger partial charge in [-0.25, -0.2) is 0 Å². The van der Waals surface area contributed by atoms with Crippen LogP contribution in [0.1, 0.15) is 27.2 Å². The zero-order chi connectivity index (χ0) is 11.3. The molecular formula is C11H21NO2S. The topological polar surface area (TPSA) is 29.5 Å². The van der Waals surface area contributed by atoms with Crippen molar-refractivity contribution in [2.75, 3.05) is 25.4 Å². The second kappa shape index (κ2) is 6.38. The van der Waals surface area contributed by atoms with Crippen molar-refractivity contribution in [3.05, 3.63) is 0 Å². The first-order chi connectivity index (χ1) is 7.15. The number of rotatable bonds is 3. The molecule has 15 heavy (non-hydrogen) atoms. The van der Waals surface area contributed by atoms with Crippen LogP contribution in [0.15, 0.2) is 0 Å². The fraction of sp³-hybridized carbons (Fsp3) is 0.909. The second-order valence-corrected chi connectivity index (χ2v) is 5.48. The van der Waals surface area contributed by atoms with E-state index < -0.39 is 0 Å². The molecule has 0 amide bonds. The molecule has 1 aliphatic rings. The Morgan fingerprint density at radius 1 is 1.60 bits per heavy atom. The molecular weight excluding hydrogens is 210 g/mol. The van der Waals surface area contributed by atoms with Crippen molar-refractivity contribution in [2.24, 2.45) is 0 Å². The highest BCUT2D eigenvalue weighted by molar-refractivity contribution is 7.99. The van der Waals surface area contributed by atoms with Gasteiger partial charge in [-0.05, 0) is 20.3 Å². The average Bonchev–Trinajstić information content (AvgIpc) is 2.42. The minimum Gasteiger partial charge on any atom is -0.465 e. The summed E-state index contributed by atoms with van der Waals surface area (Å²) in [7, 11) is 0. The molecule has 0 aliphatic carbocycles. The van der Waals surface area contributed by atoms with Crippen LogP contribution in [-0.4, -0.2) is 47.6 Å². The van der Waals surface area contributed by atoms with Gasteiger partial charge in [-0.1, -0.05) is 6.92 Å². The van der Waals surface area contributed by atoms with E-state index in [1.807, 2.05) is 25.6 Å². The first-order valence-corrected chi connectivity index (χ1v) is 6.72. The standard InChI is InChI=1S/C11H21NO2S/c1-4-14-11(13)10(3)12-6-5-9(2)15-8-7-12/h9-10H,4-8H2,1-3H3/t9-,10+/m0/s1. The van der Waals surface area contributed by atoms with Crippen LogP contribution >= 0.6 is 11.8 Å². The predicted octanol–water partition coefficient (Wildman–Crippen LogP) is 1.77. The molecule has 0 aromatic rings. The lowest BCUT2D eigenvalue weighted by Crippen LogP contribution is -2.41. The molecule has 2 atom stereocenters. The number of hydrogen-bond donors (Lipinski definition) is 0. The second-order valence-electron chi connectivity index (χ2n) is 3.93. The molecule has 1 saturated heterocycles. The number of carbonyl (C=O) groups excluding carboxylic acids is 1. The van der Waals surface area contributed by atoms with E-state index in [-0.39, 0.29) is 12.0 Å². The van der Waals surface area contributed by atoms with Crippen molar-refractivity contribution < 1.29 is 9.53 Å². The van der Waals surface area contributed by atoms with Crippen molar-refractivity contribution in [1.82, 2.24) is 4.90 Å². The van der Waals surface area contributed by atoms with Crippen molar-refractivity contribution >= 4 is 17.7 Å². The molecule has 4 heteroatoms. The van der Waals surface area contributed by atoms with Crippen molar-refractivity contribution in [1.29, 1.82) is 0 Å². The Morgan fingerprint density at radius 2 is 2.33 bits per heavy atom. The molecule has 0 aromatic heterocycles. The van der Waals surface area contributed by atoms with E-state index >= 15 is 0 Å². The smallest absolute Gasteiger partial charge is 0.323 e. The summed E-state index contributed by atoms with van der Waals surface area (Å²) in [4.78, 5) is 13.8. The van der Waals surface area contributed by atoms with E-state index in [1.54, 1.807) is 0 Å². The van der Waals surface area contributed by atoms with Crippen LogP contribution in [0.5, 0.6) is 0 Å². The van der Waals surface area contributed by atoms with Crippen molar-refractivity contribution in [3.8, 4) is 0 Å². The minimum absolute atomic E-state index is 0.0861. The van der Waals surface area contributed by atoms with Crippen molar-refractivity contribution in [2.45, 2.75) is 38.5 Å². The minimum atomic E-state index is -0.0872. The SMILES string of the molecule is CCOC(=O)[C@@H](C)N1CCS[C@@H](C)CC1. The maximum Gasteiger partial charge on any atom is 0.323 e. The Balaban J connectivity index is 2.44. The number of ether oxygens (including phenoxy) is 1. The van der Waals surface area contributed by atoms with Gasteiger partial charge < -0.3 is 4.74 Å². The normalized spacial score (nSPS) is 25.7. The Morgan fingerprint density at radius 3 is 3.00 bits per heavy atom. The van der Waals surface area contributed by atoms with Gasteiger partial charge in [0.1, 0.15) is 6.04 Å². The largest absolute Gasteiger partial charge is 0.465 e. The first kappa shape index (κ1) is 12.8. The Kier molecular flexibility index (Phi) is 5.47. The zero-order valence-corrected chi connectivity index (χ0v) is 10.7. The van der Waals surface area contributed by atoms with E-state index in [2.05, 4.69) is 11.8 Å². The Labute approximate surface area is 96.5 Å². The van der Waals surface area contributed by atoms with Gasteiger partial charge in [0.05, 0.1) is 6.61 Å². The zero-order valence-electron chi connectivity index (χ0n) is 9.86. The summed E-state index contributed by atoms with van der Waals surface area (Å²) in [5.74, 6) is 1.03. The molecule has 0 radical (unpaired) electrons. The van der Waals surface area contributed by atoms with Crippen LogP contribution in [-0.2, 0) is 9.53 Å². The number of nitrogens with zero attached hydrogens (tertiary/aromatic N) is 1. The fourth-order valence-corrected chi connectivity index (χ4v) is 2.73. The van der Waals surface area contributed by atoms with Gasteiger partial charge in [0.25, 0.3) is 0 Å². The summed E-state index contributed by atoms with van der Waals surface area (Å²) in [6.07, 6.45) is 1.16. The average molecular weight is 231 g/mol. The molecule has 0 bridgehead atoms. The Bertz CT molecular complexity index is 211. The first-order valence-electron chi connectivity index (χ1n) is 5.67. The number of carbonyl (C=O) groups is 1. The van der Waals surface area contributed by atoms with Crippen LogP contribution in [0.2, 0.25) is 0 Å². The van der Waals surface area contributed by atoms with Crippen molar-refractivity contribution in [3.63, 3.8) is 0 Å². The molecule has 0 unspecified atom stereocenters.